The molecule has 3 heterocycles. The van der Waals surface area contributed by atoms with E-state index in [1.807, 2.05) is 0 Å². The summed E-state index contributed by atoms with van der Waals surface area (Å²) in [5.74, 6) is 0.754. The molecule has 0 unspecified atom stereocenters. The van der Waals surface area contributed by atoms with Crippen molar-refractivity contribution in [3.8, 4) is 0 Å². The topological polar surface area (TPSA) is 105 Å². The lowest BCUT2D eigenvalue weighted by Crippen LogP contribution is -2.54. The van der Waals surface area contributed by atoms with Crippen LogP contribution in [-0.2, 0) is 16.4 Å². The number of hydrogen-bond donors (Lipinski definition) is 1. The van der Waals surface area contributed by atoms with Gasteiger partial charge in [0.25, 0.3) is 0 Å². The Morgan fingerprint density at radius 2 is 1.78 bits per heavy atom. The zero-order chi connectivity index (χ0) is 25.8. The lowest BCUT2D eigenvalue weighted by molar-refractivity contribution is -0.251. The maximum absolute atomic E-state index is 13.3. The summed E-state index contributed by atoms with van der Waals surface area (Å²) in [6.07, 6.45) is -0.355. The number of carboxylic acid groups (broad SMARTS) is 1. The minimum absolute atomic E-state index is 0.0477. The number of likely N-dealkylation sites (tertiary alicyclic amines) is 1. The van der Waals surface area contributed by atoms with Crippen molar-refractivity contribution in [2.75, 3.05) is 57.3 Å². The minimum Gasteiger partial charge on any atom is -0.530 e. The molecule has 9 nitrogen and oxygen atoms in total. The first kappa shape index (κ1) is 25.7. The Kier molecular flexibility index (Phi) is 7.62. The maximum atomic E-state index is 13.3. The van der Waals surface area contributed by atoms with E-state index in [-0.39, 0.29) is 19.0 Å². The highest BCUT2D eigenvalue weighted by atomic mass is 19.4. The van der Waals surface area contributed by atoms with Gasteiger partial charge < -0.3 is 25.0 Å². The number of nitrogens with one attached hydrogen (secondary N) is 1. The Morgan fingerprint density at radius 3 is 2.39 bits per heavy atom. The fourth-order valence-corrected chi connectivity index (χ4v) is 4.90. The molecule has 2 aliphatic heterocycles. The van der Waals surface area contributed by atoms with Gasteiger partial charge in [-0.25, -0.2) is 4.98 Å². The number of carbonyl (C=O) groups is 2. The largest absolute Gasteiger partial charge is 0.530 e. The zero-order valence-electron chi connectivity index (χ0n) is 19.7. The second-order valence-electron chi connectivity index (χ2n) is 9.21. The molecule has 2 aromatic rings. The summed E-state index contributed by atoms with van der Waals surface area (Å²) in [5, 5.41) is 13.3. The first-order valence-electron chi connectivity index (χ1n) is 11.8. The molecule has 2 amide bonds. The molecule has 1 N–H and O–H groups in total. The number of rotatable bonds is 6. The third-order valence-electron chi connectivity index (χ3n) is 7.05. The number of piperazine rings is 1. The highest BCUT2D eigenvalue weighted by Crippen LogP contribution is 2.38. The van der Waals surface area contributed by atoms with Crippen LogP contribution in [0.5, 0.6) is 0 Å². The number of piperidine rings is 1. The van der Waals surface area contributed by atoms with E-state index in [4.69, 9.17) is 0 Å². The lowest BCUT2D eigenvalue weighted by atomic mass is 9.72. The molecule has 0 atom stereocenters. The molecular formula is C24H28F3N6O3-. The van der Waals surface area contributed by atoms with E-state index in [0.717, 1.165) is 31.0 Å². The van der Waals surface area contributed by atoms with Gasteiger partial charge in [-0.2, -0.15) is 13.2 Å². The van der Waals surface area contributed by atoms with Crippen LogP contribution >= 0.6 is 0 Å². The lowest BCUT2D eigenvalue weighted by Gasteiger charge is -2.43. The van der Waals surface area contributed by atoms with Gasteiger partial charge in [0.15, 0.2) is 0 Å². The first-order valence-corrected chi connectivity index (χ1v) is 11.8. The summed E-state index contributed by atoms with van der Waals surface area (Å²) in [7, 11) is 0. The summed E-state index contributed by atoms with van der Waals surface area (Å²) in [4.78, 5) is 38.3. The van der Waals surface area contributed by atoms with E-state index < -0.39 is 23.2 Å². The van der Waals surface area contributed by atoms with Crippen molar-refractivity contribution >= 4 is 17.8 Å². The number of halogens is 3. The molecule has 0 spiro atoms. The van der Waals surface area contributed by atoms with Crippen LogP contribution in [0.4, 0.5) is 23.8 Å². The van der Waals surface area contributed by atoms with E-state index in [0.29, 0.717) is 44.6 Å². The number of amides is 2. The van der Waals surface area contributed by atoms with Crippen molar-refractivity contribution in [2.45, 2.75) is 24.4 Å². The number of alkyl halides is 3. The fraction of sp³-hybridized carbons (Fsp3) is 0.500. The fourth-order valence-electron chi connectivity index (χ4n) is 4.90. The predicted octanol–water partition coefficient (Wildman–Crippen LogP) is 1.11. The summed E-state index contributed by atoms with van der Waals surface area (Å²) in [6.45, 7) is 3.65. The smallest absolute Gasteiger partial charge is 0.416 e. The van der Waals surface area contributed by atoms with Crippen molar-refractivity contribution in [1.29, 1.82) is 0 Å². The Bertz CT molecular complexity index is 1050. The van der Waals surface area contributed by atoms with E-state index in [1.165, 1.54) is 6.07 Å². The van der Waals surface area contributed by atoms with Crippen molar-refractivity contribution < 1.29 is 27.9 Å². The van der Waals surface area contributed by atoms with Gasteiger partial charge in [0, 0.05) is 63.6 Å². The quantitative estimate of drug-likeness (QED) is 0.627. The number of aromatic nitrogens is 2. The van der Waals surface area contributed by atoms with Crippen LogP contribution < -0.4 is 15.3 Å². The molecule has 1 aromatic carbocycles. The highest BCUT2D eigenvalue weighted by Gasteiger charge is 2.39. The van der Waals surface area contributed by atoms with Gasteiger partial charge in [-0.05, 0) is 24.5 Å². The molecule has 0 aliphatic carbocycles. The second-order valence-corrected chi connectivity index (χ2v) is 9.21. The summed E-state index contributed by atoms with van der Waals surface area (Å²) in [6, 6.07) is 4.98. The van der Waals surface area contributed by atoms with Gasteiger partial charge >= 0.3 is 6.18 Å². The van der Waals surface area contributed by atoms with Gasteiger partial charge in [-0.15, -0.1) is 0 Å². The molecule has 1 aromatic heterocycles. The van der Waals surface area contributed by atoms with Crippen LogP contribution in [0.15, 0.2) is 42.9 Å². The minimum atomic E-state index is -4.51. The van der Waals surface area contributed by atoms with Crippen molar-refractivity contribution in [3.05, 3.63) is 54.0 Å². The SMILES string of the molecule is O=C([O-])NCC1(c2cccc(C(F)(F)F)c2)CCN(C(=O)CN2CCN(c3cnccn3)CC2)CC1. The van der Waals surface area contributed by atoms with Crippen LogP contribution in [0.3, 0.4) is 0 Å². The van der Waals surface area contributed by atoms with Gasteiger partial charge in [0.1, 0.15) is 11.9 Å². The summed E-state index contributed by atoms with van der Waals surface area (Å²) in [5.41, 5.74) is -1.24. The number of hydrogen-bond acceptors (Lipinski definition) is 7. The zero-order valence-corrected chi connectivity index (χ0v) is 19.7. The van der Waals surface area contributed by atoms with Crippen LogP contribution in [-0.4, -0.2) is 84.1 Å². The molecule has 0 bridgehead atoms. The Balaban J connectivity index is 1.37. The second kappa shape index (κ2) is 10.7. The van der Waals surface area contributed by atoms with Crippen LogP contribution in [0.2, 0.25) is 0 Å². The third-order valence-corrected chi connectivity index (χ3v) is 7.05. The van der Waals surface area contributed by atoms with Crippen LogP contribution in [0, 0.1) is 0 Å². The number of anilines is 1. The summed E-state index contributed by atoms with van der Waals surface area (Å²) >= 11 is 0. The first-order chi connectivity index (χ1) is 17.2. The van der Waals surface area contributed by atoms with E-state index in [9.17, 15) is 27.9 Å². The molecule has 2 aliphatic rings. The Labute approximate surface area is 206 Å². The molecule has 36 heavy (non-hydrogen) atoms. The van der Waals surface area contributed by atoms with Gasteiger partial charge in [0.2, 0.25) is 5.91 Å². The van der Waals surface area contributed by atoms with Crippen molar-refractivity contribution in [1.82, 2.24) is 25.1 Å². The molecule has 2 fully saturated rings. The maximum Gasteiger partial charge on any atom is 0.416 e. The molecule has 4 rings (SSSR count). The van der Waals surface area contributed by atoms with Crippen molar-refractivity contribution in [2.24, 2.45) is 0 Å². The Hall–Kier alpha value is -3.41. The molecular weight excluding hydrogens is 477 g/mol. The average molecular weight is 506 g/mol. The number of benzene rings is 1. The predicted molar refractivity (Wildman–Crippen MR) is 123 cm³/mol. The van der Waals surface area contributed by atoms with E-state index in [2.05, 4.69) is 25.1 Å². The summed E-state index contributed by atoms with van der Waals surface area (Å²) < 4.78 is 39.9. The molecule has 12 heteroatoms. The molecule has 0 saturated carbocycles. The molecule has 2 saturated heterocycles. The molecule has 0 radical (unpaired) electrons. The van der Waals surface area contributed by atoms with Gasteiger partial charge in [0.05, 0.1) is 18.3 Å². The standard InChI is InChI=1S/C24H29F3N6O3/c25-24(26,27)19-3-1-2-18(14-19)23(17-30-22(35)36)4-8-33(9-5-23)21(34)16-31-10-12-32(13-11-31)20-15-28-6-7-29-20/h1-3,6-7,14-15,30H,4-5,8-13,16-17H2,(H,35,36)/p-1. The molecule has 194 valence electrons. The van der Waals surface area contributed by atoms with Gasteiger partial charge in [-0.1, -0.05) is 18.2 Å². The van der Waals surface area contributed by atoms with E-state index >= 15 is 0 Å². The number of nitrogens with zero attached hydrogens (tertiary/aromatic N) is 5. The van der Waals surface area contributed by atoms with E-state index in [1.54, 1.807) is 29.6 Å². The Morgan fingerprint density at radius 1 is 1.06 bits per heavy atom. The normalized spacial score (nSPS) is 18.6. The van der Waals surface area contributed by atoms with Crippen molar-refractivity contribution in [3.63, 3.8) is 0 Å². The monoisotopic (exact) mass is 505 g/mol. The highest BCUT2D eigenvalue weighted by molar-refractivity contribution is 5.78. The van der Waals surface area contributed by atoms with Gasteiger partial charge in [-0.3, -0.25) is 14.7 Å². The van der Waals surface area contributed by atoms with Crippen LogP contribution in [0.1, 0.15) is 24.0 Å². The van der Waals surface area contributed by atoms with Crippen LogP contribution in [0.25, 0.3) is 0 Å². The third kappa shape index (κ3) is 6.04. The number of carbonyl (C=O) groups excluding carboxylic acids is 2. The average Bonchev–Trinajstić information content (AvgIpc) is 2.88.